The van der Waals surface area contributed by atoms with Crippen LogP contribution < -0.4 is 5.32 Å². The Morgan fingerprint density at radius 2 is 1.82 bits per heavy atom. The SMILES string of the molecule is O=C(O)C1CCCC(C(=O)NCCc2c(Cl)cccc2Cl)C1. The van der Waals surface area contributed by atoms with Crippen molar-refractivity contribution in [2.45, 2.75) is 32.1 Å². The predicted octanol–water partition coefficient (Wildman–Crippen LogP) is 3.54. The van der Waals surface area contributed by atoms with Gasteiger partial charge < -0.3 is 10.4 Å². The molecule has 1 amide bonds. The zero-order valence-electron chi connectivity index (χ0n) is 12.1. The number of aliphatic carboxylic acids is 1. The van der Waals surface area contributed by atoms with Crippen LogP contribution in [-0.2, 0) is 16.0 Å². The van der Waals surface area contributed by atoms with Crippen molar-refractivity contribution < 1.29 is 14.7 Å². The molecule has 0 radical (unpaired) electrons. The van der Waals surface area contributed by atoms with E-state index in [0.717, 1.165) is 18.4 Å². The van der Waals surface area contributed by atoms with E-state index in [0.29, 0.717) is 35.9 Å². The second-order valence-electron chi connectivity index (χ2n) is 5.64. The van der Waals surface area contributed by atoms with Crippen LogP contribution in [0.15, 0.2) is 18.2 Å². The number of carboxylic acids is 1. The lowest BCUT2D eigenvalue weighted by atomic mass is 9.81. The molecule has 22 heavy (non-hydrogen) atoms. The van der Waals surface area contributed by atoms with Gasteiger partial charge >= 0.3 is 5.97 Å². The van der Waals surface area contributed by atoms with Crippen LogP contribution in [0, 0.1) is 11.8 Å². The van der Waals surface area contributed by atoms with E-state index >= 15 is 0 Å². The maximum Gasteiger partial charge on any atom is 0.306 e. The van der Waals surface area contributed by atoms with E-state index in [1.807, 2.05) is 0 Å². The van der Waals surface area contributed by atoms with Gasteiger partial charge in [0.1, 0.15) is 0 Å². The Kier molecular flexibility index (Phi) is 6.09. The second kappa shape index (κ2) is 7.84. The van der Waals surface area contributed by atoms with E-state index in [4.69, 9.17) is 28.3 Å². The van der Waals surface area contributed by atoms with Crippen LogP contribution in [-0.4, -0.2) is 23.5 Å². The zero-order valence-corrected chi connectivity index (χ0v) is 13.7. The third-order valence-electron chi connectivity index (χ3n) is 4.13. The number of carbonyl (C=O) groups excluding carboxylic acids is 1. The minimum Gasteiger partial charge on any atom is -0.481 e. The van der Waals surface area contributed by atoms with E-state index in [-0.39, 0.29) is 11.8 Å². The molecular formula is C16H19Cl2NO3. The molecule has 0 spiro atoms. The summed E-state index contributed by atoms with van der Waals surface area (Å²) >= 11 is 12.2. The van der Waals surface area contributed by atoms with E-state index in [9.17, 15) is 9.59 Å². The molecule has 0 heterocycles. The van der Waals surface area contributed by atoms with Gasteiger partial charge in [-0.2, -0.15) is 0 Å². The molecule has 4 nitrogen and oxygen atoms in total. The van der Waals surface area contributed by atoms with Gasteiger partial charge in [-0.1, -0.05) is 35.7 Å². The monoisotopic (exact) mass is 343 g/mol. The van der Waals surface area contributed by atoms with Crippen LogP contribution in [0.5, 0.6) is 0 Å². The average molecular weight is 344 g/mol. The molecule has 6 heteroatoms. The molecule has 1 saturated carbocycles. The number of hydrogen-bond acceptors (Lipinski definition) is 2. The number of carboxylic acid groups (broad SMARTS) is 1. The highest BCUT2D eigenvalue weighted by atomic mass is 35.5. The number of carbonyl (C=O) groups is 2. The van der Waals surface area contributed by atoms with Gasteiger partial charge in [-0.15, -0.1) is 0 Å². The summed E-state index contributed by atoms with van der Waals surface area (Å²) in [4.78, 5) is 23.2. The van der Waals surface area contributed by atoms with Gasteiger partial charge in [-0.05, 0) is 43.4 Å². The maximum absolute atomic E-state index is 12.2. The fourth-order valence-electron chi connectivity index (χ4n) is 2.88. The first-order valence-corrected chi connectivity index (χ1v) is 8.18. The van der Waals surface area contributed by atoms with Crippen molar-refractivity contribution in [3.05, 3.63) is 33.8 Å². The van der Waals surface area contributed by atoms with E-state index < -0.39 is 11.9 Å². The van der Waals surface area contributed by atoms with Gasteiger partial charge in [0.2, 0.25) is 5.91 Å². The van der Waals surface area contributed by atoms with Gasteiger partial charge in [0.15, 0.2) is 0 Å². The summed E-state index contributed by atoms with van der Waals surface area (Å²) < 4.78 is 0. The largest absolute Gasteiger partial charge is 0.481 e. The van der Waals surface area contributed by atoms with Crippen LogP contribution >= 0.6 is 23.2 Å². The first-order valence-electron chi connectivity index (χ1n) is 7.42. The number of hydrogen-bond donors (Lipinski definition) is 2. The minimum absolute atomic E-state index is 0.0749. The van der Waals surface area contributed by atoms with Crippen molar-refractivity contribution in [2.24, 2.45) is 11.8 Å². The molecule has 1 aliphatic rings. The van der Waals surface area contributed by atoms with Crippen LogP contribution in [0.25, 0.3) is 0 Å². The number of halogens is 2. The first-order chi connectivity index (χ1) is 10.5. The van der Waals surface area contributed by atoms with Gasteiger partial charge in [0, 0.05) is 22.5 Å². The molecule has 0 aromatic heterocycles. The van der Waals surface area contributed by atoms with Gasteiger partial charge in [0.25, 0.3) is 0 Å². The summed E-state index contributed by atoms with van der Waals surface area (Å²) in [5.41, 5.74) is 0.818. The summed E-state index contributed by atoms with van der Waals surface area (Å²) in [6.45, 7) is 0.441. The molecule has 1 fully saturated rings. The number of nitrogens with one attached hydrogen (secondary N) is 1. The molecule has 1 aromatic carbocycles. The lowest BCUT2D eigenvalue weighted by Gasteiger charge is -2.25. The fraction of sp³-hybridized carbons (Fsp3) is 0.500. The number of rotatable bonds is 5. The minimum atomic E-state index is -0.805. The van der Waals surface area contributed by atoms with Gasteiger partial charge in [0.05, 0.1) is 5.92 Å². The van der Waals surface area contributed by atoms with Crippen molar-refractivity contribution in [2.75, 3.05) is 6.54 Å². The summed E-state index contributed by atoms with van der Waals surface area (Å²) in [5, 5.41) is 13.1. The lowest BCUT2D eigenvalue weighted by molar-refractivity contribution is -0.144. The molecular weight excluding hydrogens is 325 g/mol. The third-order valence-corrected chi connectivity index (χ3v) is 4.84. The summed E-state index contributed by atoms with van der Waals surface area (Å²) in [6.07, 6.45) is 3.18. The zero-order chi connectivity index (χ0) is 16.1. The summed E-state index contributed by atoms with van der Waals surface area (Å²) in [7, 11) is 0. The average Bonchev–Trinajstić information content (AvgIpc) is 2.50. The van der Waals surface area contributed by atoms with Crippen molar-refractivity contribution in [3.63, 3.8) is 0 Å². The van der Waals surface area contributed by atoms with Crippen LogP contribution in [0.2, 0.25) is 10.0 Å². The smallest absolute Gasteiger partial charge is 0.306 e. The summed E-state index contributed by atoms with van der Waals surface area (Å²) in [5.74, 6) is -1.49. The molecule has 2 rings (SSSR count). The molecule has 120 valence electrons. The van der Waals surface area contributed by atoms with Crippen LogP contribution in [0.1, 0.15) is 31.2 Å². The van der Waals surface area contributed by atoms with E-state index in [1.54, 1.807) is 18.2 Å². The van der Waals surface area contributed by atoms with Gasteiger partial charge in [-0.3, -0.25) is 9.59 Å². The molecule has 2 atom stereocenters. The van der Waals surface area contributed by atoms with Crippen LogP contribution in [0.4, 0.5) is 0 Å². The highest BCUT2D eigenvalue weighted by molar-refractivity contribution is 6.35. The van der Waals surface area contributed by atoms with E-state index in [1.165, 1.54) is 0 Å². The van der Waals surface area contributed by atoms with Crippen molar-refractivity contribution in [1.82, 2.24) is 5.32 Å². The Balaban J connectivity index is 1.84. The molecule has 2 N–H and O–H groups in total. The number of benzene rings is 1. The molecule has 1 aliphatic carbocycles. The molecule has 0 bridgehead atoms. The Hall–Kier alpha value is -1.26. The third kappa shape index (κ3) is 4.37. The Morgan fingerprint density at radius 1 is 1.18 bits per heavy atom. The normalized spacial score (nSPS) is 21.4. The van der Waals surface area contributed by atoms with Crippen LogP contribution in [0.3, 0.4) is 0 Å². The highest BCUT2D eigenvalue weighted by Gasteiger charge is 2.30. The Morgan fingerprint density at radius 3 is 2.45 bits per heavy atom. The number of amides is 1. The molecule has 1 aromatic rings. The molecule has 0 saturated heterocycles. The first kappa shape index (κ1) is 17.1. The molecule has 0 aliphatic heterocycles. The highest BCUT2D eigenvalue weighted by Crippen LogP contribution is 2.29. The lowest BCUT2D eigenvalue weighted by Crippen LogP contribution is -2.36. The Bertz CT molecular complexity index is 542. The van der Waals surface area contributed by atoms with E-state index in [2.05, 4.69) is 5.32 Å². The molecule has 2 unspecified atom stereocenters. The standard InChI is InChI=1S/C16H19Cl2NO3/c17-13-5-2-6-14(18)12(13)7-8-19-15(20)10-3-1-4-11(9-10)16(21)22/h2,5-6,10-11H,1,3-4,7-9H2,(H,19,20)(H,21,22). The Labute approximate surface area is 139 Å². The second-order valence-corrected chi connectivity index (χ2v) is 6.45. The quantitative estimate of drug-likeness (QED) is 0.859. The van der Waals surface area contributed by atoms with Crippen molar-refractivity contribution >= 4 is 35.1 Å². The topological polar surface area (TPSA) is 66.4 Å². The van der Waals surface area contributed by atoms with Gasteiger partial charge in [-0.25, -0.2) is 0 Å². The maximum atomic E-state index is 12.2. The predicted molar refractivity (Wildman–Crippen MR) is 86.3 cm³/mol. The summed E-state index contributed by atoms with van der Waals surface area (Å²) in [6, 6.07) is 5.31. The van der Waals surface area contributed by atoms with Crippen molar-refractivity contribution in [3.8, 4) is 0 Å². The van der Waals surface area contributed by atoms with Crippen molar-refractivity contribution in [1.29, 1.82) is 0 Å². The fourth-order valence-corrected chi connectivity index (χ4v) is 3.46.